The molecule has 7 heteroatoms. The average molecular weight is 432 g/mol. The van der Waals surface area contributed by atoms with Crippen LogP contribution in [-0.2, 0) is 13.0 Å². The van der Waals surface area contributed by atoms with Crippen LogP contribution in [0.5, 0.6) is 11.6 Å². The van der Waals surface area contributed by atoms with E-state index >= 15 is 0 Å². The van der Waals surface area contributed by atoms with Crippen LogP contribution in [0.4, 0.5) is 4.39 Å². The molecule has 1 aliphatic rings. The van der Waals surface area contributed by atoms with Crippen LogP contribution in [-0.4, -0.2) is 34.3 Å². The number of aromatic carboxylic acids is 1. The maximum atomic E-state index is 14.5. The summed E-state index contributed by atoms with van der Waals surface area (Å²) in [5, 5.41) is 11.0. The van der Waals surface area contributed by atoms with Crippen molar-refractivity contribution in [3.63, 3.8) is 0 Å². The van der Waals surface area contributed by atoms with E-state index in [0.29, 0.717) is 45.8 Å². The number of fused-ring (bicyclic) bond motifs is 3. The molecule has 0 saturated carbocycles. The summed E-state index contributed by atoms with van der Waals surface area (Å²) in [5.41, 5.74) is 3.13. The third kappa shape index (κ3) is 3.17. The molecule has 2 aromatic carbocycles. The molecule has 6 nitrogen and oxygen atoms in total. The van der Waals surface area contributed by atoms with Gasteiger partial charge in [0.05, 0.1) is 31.2 Å². The van der Waals surface area contributed by atoms with E-state index in [4.69, 9.17) is 9.47 Å². The molecule has 1 aliphatic heterocycles. The van der Waals surface area contributed by atoms with E-state index in [9.17, 15) is 14.3 Å². The summed E-state index contributed by atoms with van der Waals surface area (Å²) < 4.78 is 27.7. The maximum absolute atomic E-state index is 14.5. The Morgan fingerprint density at radius 1 is 1.22 bits per heavy atom. The van der Waals surface area contributed by atoms with Crippen molar-refractivity contribution < 1.29 is 23.8 Å². The van der Waals surface area contributed by atoms with Gasteiger partial charge in [0.1, 0.15) is 17.3 Å². The summed E-state index contributed by atoms with van der Waals surface area (Å²) in [6.07, 6.45) is 3.33. The molecular formula is C25H21FN2O4. The van der Waals surface area contributed by atoms with Crippen LogP contribution >= 0.6 is 0 Å². The van der Waals surface area contributed by atoms with Crippen LogP contribution in [0.25, 0.3) is 22.0 Å². The van der Waals surface area contributed by atoms with Crippen LogP contribution in [0.2, 0.25) is 0 Å². The van der Waals surface area contributed by atoms with Gasteiger partial charge in [-0.25, -0.2) is 14.2 Å². The van der Waals surface area contributed by atoms with E-state index < -0.39 is 5.97 Å². The van der Waals surface area contributed by atoms with Crippen LogP contribution in [0.15, 0.2) is 54.7 Å². The topological polar surface area (TPSA) is 73.6 Å². The van der Waals surface area contributed by atoms with Gasteiger partial charge in [-0.1, -0.05) is 24.3 Å². The number of ether oxygens (including phenoxy) is 2. The Bertz CT molecular complexity index is 1350. The summed E-state index contributed by atoms with van der Waals surface area (Å²) in [4.78, 5) is 16.9. The molecule has 5 rings (SSSR count). The molecule has 0 bridgehead atoms. The Kier molecular flexibility index (Phi) is 5.01. The lowest BCUT2D eigenvalue weighted by atomic mass is 9.97. The fourth-order valence-corrected chi connectivity index (χ4v) is 4.44. The lowest BCUT2D eigenvalue weighted by Crippen LogP contribution is -2.11. The zero-order valence-electron chi connectivity index (χ0n) is 17.5. The quantitative estimate of drug-likeness (QED) is 0.484. The molecule has 0 saturated heterocycles. The van der Waals surface area contributed by atoms with Crippen molar-refractivity contribution in [1.29, 1.82) is 0 Å². The van der Waals surface area contributed by atoms with Gasteiger partial charge in [-0.2, -0.15) is 0 Å². The zero-order chi connectivity index (χ0) is 22.2. The summed E-state index contributed by atoms with van der Waals surface area (Å²) in [6, 6.07) is 13.8. The number of pyridine rings is 1. The molecule has 0 unspecified atom stereocenters. The number of carboxylic acid groups (broad SMARTS) is 1. The maximum Gasteiger partial charge on any atom is 0.353 e. The predicted molar refractivity (Wildman–Crippen MR) is 118 cm³/mol. The van der Waals surface area contributed by atoms with Crippen molar-refractivity contribution in [3.8, 4) is 22.8 Å². The first-order valence-electron chi connectivity index (χ1n) is 10.4. The monoisotopic (exact) mass is 432 g/mol. The normalized spacial score (nSPS) is 12.9. The minimum absolute atomic E-state index is 0.0390. The number of carboxylic acids is 1. The molecule has 0 fully saturated rings. The molecule has 0 aliphatic carbocycles. The van der Waals surface area contributed by atoms with Crippen molar-refractivity contribution in [2.75, 3.05) is 13.7 Å². The summed E-state index contributed by atoms with van der Waals surface area (Å²) >= 11 is 0. The van der Waals surface area contributed by atoms with Crippen LogP contribution in [0.3, 0.4) is 0 Å². The van der Waals surface area contributed by atoms with E-state index in [2.05, 4.69) is 4.98 Å². The van der Waals surface area contributed by atoms with Gasteiger partial charge in [-0.05, 0) is 42.7 Å². The number of aromatic nitrogens is 2. The van der Waals surface area contributed by atoms with Gasteiger partial charge in [0.25, 0.3) is 0 Å². The Balaban J connectivity index is 1.89. The molecular weight excluding hydrogens is 411 g/mol. The Hall–Kier alpha value is -3.87. The van der Waals surface area contributed by atoms with Gasteiger partial charge in [0.2, 0.25) is 5.88 Å². The molecule has 32 heavy (non-hydrogen) atoms. The highest BCUT2D eigenvalue weighted by Gasteiger charge is 2.30. The predicted octanol–water partition coefficient (Wildman–Crippen LogP) is 4.92. The highest BCUT2D eigenvalue weighted by atomic mass is 19.1. The number of hydrogen-bond acceptors (Lipinski definition) is 4. The van der Waals surface area contributed by atoms with E-state index in [-0.39, 0.29) is 18.1 Å². The third-order valence-electron chi connectivity index (χ3n) is 5.82. The molecule has 3 heterocycles. The van der Waals surface area contributed by atoms with Crippen molar-refractivity contribution in [3.05, 3.63) is 77.4 Å². The van der Waals surface area contributed by atoms with Gasteiger partial charge < -0.3 is 19.1 Å². The standard InChI is InChI=1S/C25H21FN2O4/c1-31-24-17(8-4-12-27-24)20-21-19(11-10-15-7-5-13-32-23(15)21)28(22(20)25(29)30)14-16-6-2-3-9-18(16)26/h2-4,6,8-12H,5,7,13-14H2,1H3,(H,29,30). The van der Waals surface area contributed by atoms with E-state index in [1.165, 1.54) is 13.2 Å². The third-order valence-corrected chi connectivity index (χ3v) is 5.82. The molecule has 4 aromatic rings. The highest BCUT2D eigenvalue weighted by molar-refractivity contribution is 6.11. The van der Waals surface area contributed by atoms with Crippen LogP contribution < -0.4 is 9.47 Å². The first-order valence-corrected chi connectivity index (χ1v) is 10.4. The van der Waals surface area contributed by atoms with E-state index in [0.717, 1.165) is 18.4 Å². The summed E-state index contributed by atoms with van der Waals surface area (Å²) in [5.74, 6) is -0.527. The van der Waals surface area contributed by atoms with Gasteiger partial charge >= 0.3 is 5.97 Å². The average Bonchev–Trinajstić information content (AvgIpc) is 3.15. The molecule has 0 atom stereocenters. The number of benzene rings is 2. The van der Waals surface area contributed by atoms with Crippen molar-refractivity contribution in [2.24, 2.45) is 0 Å². The van der Waals surface area contributed by atoms with Crippen LogP contribution in [0, 0.1) is 5.82 Å². The summed E-state index contributed by atoms with van der Waals surface area (Å²) in [6.45, 7) is 0.614. The van der Waals surface area contributed by atoms with Gasteiger partial charge in [-0.15, -0.1) is 0 Å². The number of methoxy groups -OCH3 is 1. The Morgan fingerprint density at radius 2 is 2.06 bits per heavy atom. The second-order valence-corrected chi connectivity index (χ2v) is 7.67. The number of rotatable bonds is 5. The fourth-order valence-electron chi connectivity index (χ4n) is 4.44. The molecule has 0 spiro atoms. The largest absolute Gasteiger partial charge is 0.493 e. The minimum atomic E-state index is -1.12. The lowest BCUT2D eigenvalue weighted by molar-refractivity contribution is 0.0687. The molecule has 0 amide bonds. The molecule has 162 valence electrons. The van der Waals surface area contributed by atoms with Gasteiger partial charge in [0, 0.05) is 22.9 Å². The minimum Gasteiger partial charge on any atom is -0.493 e. The number of aryl methyl sites for hydroxylation is 1. The van der Waals surface area contributed by atoms with Crippen molar-refractivity contribution in [2.45, 2.75) is 19.4 Å². The second-order valence-electron chi connectivity index (χ2n) is 7.67. The molecule has 1 N–H and O–H groups in total. The first-order chi connectivity index (χ1) is 15.6. The number of hydrogen-bond donors (Lipinski definition) is 1. The Morgan fingerprint density at radius 3 is 2.84 bits per heavy atom. The number of nitrogens with zero attached hydrogens (tertiary/aromatic N) is 2. The Labute approximate surface area is 183 Å². The molecule has 2 aromatic heterocycles. The zero-order valence-corrected chi connectivity index (χ0v) is 17.5. The second kappa shape index (κ2) is 8.00. The smallest absolute Gasteiger partial charge is 0.353 e. The SMILES string of the molecule is COc1ncccc1-c1c(C(=O)O)n(Cc2ccccc2F)c2ccc3c(c12)OCCC3. The lowest BCUT2D eigenvalue weighted by Gasteiger charge is -2.19. The molecule has 0 radical (unpaired) electrons. The number of carbonyl (C=O) groups is 1. The van der Waals surface area contributed by atoms with Crippen molar-refractivity contribution in [1.82, 2.24) is 9.55 Å². The van der Waals surface area contributed by atoms with Crippen LogP contribution in [0.1, 0.15) is 28.0 Å². The fraction of sp³-hybridized carbons (Fsp3) is 0.200. The van der Waals surface area contributed by atoms with Gasteiger partial charge in [0.15, 0.2) is 0 Å². The van der Waals surface area contributed by atoms with Gasteiger partial charge in [-0.3, -0.25) is 0 Å². The van der Waals surface area contributed by atoms with E-state index in [1.807, 2.05) is 12.1 Å². The van der Waals surface area contributed by atoms with E-state index in [1.54, 1.807) is 41.1 Å². The highest BCUT2D eigenvalue weighted by Crippen LogP contribution is 2.45. The number of halogens is 1. The van der Waals surface area contributed by atoms with Crippen molar-refractivity contribution >= 4 is 16.9 Å². The first kappa shape index (κ1) is 20.1. The summed E-state index contributed by atoms with van der Waals surface area (Å²) in [7, 11) is 1.50.